The number of fused-ring (bicyclic) bond motifs is 1. The SMILES string of the molecule is CNC[C@H](N)C(=O)N[C@H](Cc1c[nH]c2ccccc12)C(=O)NCC[C@@H](NC(=O)CCCC(=O)O)C(=O)O. The number of hydrogen-bond donors (Lipinski definition) is 8. The first-order valence-electron chi connectivity index (χ1n) is 11.9. The van der Waals surface area contributed by atoms with Gasteiger partial charge >= 0.3 is 11.9 Å². The molecule has 0 spiro atoms. The Bertz CT molecular complexity index is 1100. The molecule has 1 heterocycles. The Morgan fingerprint density at radius 1 is 1.00 bits per heavy atom. The number of amides is 3. The summed E-state index contributed by atoms with van der Waals surface area (Å²) >= 11 is 0. The van der Waals surface area contributed by atoms with E-state index in [1.165, 1.54) is 0 Å². The Morgan fingerprint density at radius 2 is 1.73 bits per heavy atom. The van der Waals surface area contributed by atoms with Gasteiger partial charge in [0, 0.05) is 49.5 Å². The van der Waals surface area contributed by atoms with Crippen molar-refractivity contribution in [2.45, 2.75) is 50.2 Å². The molecule has 13 heteroatoms. The average Bonchev–Trinajstić information content (AvgIpc) is 3.25. The van der Waals surface area contributed by atoms with Gasteiger partial charge in [0.05, 0.1) is 6.04 Å². The Balaban J connectivity index is 2.02. The van der Waals surface area contributed by atoms with Crippen LogP contribution in [0.4, 0.5) is 0 Å². The Labute approximate surface area is 213 Å². The lowest BCUT2D eigenvalue weighted by molar-refractivity contribution is -0.142. The molecule has 202 valence electrons. The van der Waals surface area contributed by atoms with Gasteiger partial charge in [0.25, 0.3) is 0 Å². The second kappa shape index (κ2) is 14.6. The van der Waals surface area contributed by atoms with Gasteiger partial charge in [-0.3, -0.25) is 19.2 Å². The van der Waals surface area contributed by atoms with Gasteiger partial charge in [-0.25, -0.2) is 4.79 Å². The standard InChI is InChI=1S/C24H34N6O7/c1-26-13-16(25)22(34)30-19(11-14-12-28-17-6-3-2-5-15(14)17)23(35)27-10-9-18(24(36)37)29-20(31)7-4-8-21(32)33/h2-3,5-6,12,16,18-19,26,28H,4,7-11,13,25H2,1H3,(H,27,35)(H,29,31)(H,30,34)(H,32,33)(H,36,37)/t16-,18+,19+/m0/s1. The molecular weight excluding hydrogens is 484 g/mol. The number of para-hydroxylation sites is 1. The molecule has 1 aromatic carbocycles. The van der Waals surface area contributed by atoms with Crippen LogP contribution in [-0.2, 0) is 30.4 Å². The average molecular weight is 519 g/mol. The predicted molar refractivity (Wildman–Crippen MR) is 135 cm³/mol. The fraction of sp³-hybridized carbons (Fsp3) is 0.458. The lowest BCUT2D eigenvalue weighted by Gasteiger charge is -2.21. The number of aromatic amines is 1. The molecule has 0 fully saturated rings. The molecule has 2 rings (SSSR count). The second-order valence-electron chi connectivity index (χ2n) is 8.57. The molecule has 0 radical (unpaired) electrons. The molecule has 3 amide bonds. The van der Waals surface area contributed by atoms with E-state index in [0.717, 1.165) is 16.5 Å². The van der Waals surface area contributed by atoms with Crippen molar-refractivity contribution in [2.75, 3.05) is 20.1 Å². The van der Waals surface area contributed by atoms with Crippen molar-refractivity contribution in [2.24, 2.45) is 5.73 Å². The van der Waals surface area contributed by atoms with E-state index in [1.54, 1.807) is 13.2 Å². The molecule has 2 aromatic rings. The number of nitrogens with one attached hydrogen (secondary N) is 5. The number of carboxylic acid groups (broad SMARTS) is 2. The summed E-state index contributed by atoms with van der Waals surface area (Å²) in [5.74, 6) is -3.99. The van der Waals surface area contributed by atoms with Gasteiger partial charge in [0.2, 0.25) is 17.7 Å². The summed E-state index contributed by atoms with van der Waals surface area (Å²) in [6.07, 6.45) is 1.55. The van der Waals surface area contributed by atoms with Gasteiger partial charge < -0.3 is 42.2 Å². The predicted octanol–water partition coefficient (Wildman–Crippen LogP) is -0.927. The second-order valence-corrected chi connectivity index (χ2v) is 8.57. The number of hydrogen-bond acceptors (Lipinski definition) is 7. The van der Waals surface area contributed by atoms with Crippen LogP contribution in [0.5, 0.6) is 0 Å². The monoisotopic (exact) mass is 518 g/mol. The van der Waals surface area contributed by atoms with Crippen molar-refractivity contribution >= 4 is 40.6 Å². The maximum atomic E-state index is 13.0. The summed E-state index contributed by atoms with van der Waals surface area (Å²) in [6, 6.07) is 4.37. The maximum absolute atomic E-state index is 13.0. The zero-order valence-corrected chi connectivity index (χ0v) is 20.6. The summed E-state index contributed by atoms with van der Waals surface area (Å²) in [5.41, 5.74) is 7.53. The molecule has 13 nitrogen and oxygen atoms in total. The van der Waals surface area contributed by atoms with E-state index in [2.05, 4.69) is 26.3 Å². The van der Waals surface area contributed by atoms with Crippen molar-refractivity contribution in [1.29, 1.82) is 0 Å². The number of rotatable bonds is 16. The molecule has 1 aromatic heterocycles. The highest BCUT2D eigenvalue weighted by Crippen LogP contribution is 2.19. The number of H-pyrrole nitrogens is 1. The van der Waals surface area contributed by atoms with Crippen molar-refractivity contribution in [3.63, 3.8) is 0 Å². The zero-order chi connectivity index (χ0) is 27.4. The van der Waals surface area contributed by atoms with Crippen LogP contribution < -0.4 is 27.0 Å². The molecule has 0 saturated carbocycles. The fourth-order valence-corrected chi connectivity index (χ4v) is 3.71. The largest absolute Gasteiger partial charge is 0.481 e. The smallest absolute Gasteiger partial charge is 0.326 e. The minimum atomic E-state index is -1.29. The van der Waals surface area contributed by atoms with Crippen LogP contribution in [0.25, 0.3) is 10.9 Å². The zero-order valence-electron chi connectivity index (χ0n) is 20.6. The Kier molecular flexibility index (Phi) is 11.5. The summed E-state index contributed by atoms with van der Waals surface area (Å²) in [6.45, 7) is 0.119. The first-order valence-corrected chi connectivity index (χ1v) is 11.9. The van der Waals surface area contributed by atoms with Gasteiger partial charge in [-0.2, -0.15) is 0 Å². The van der Waals surface area contributed by atoms with Gasteiger partial charge in [-0.1, -0.05) is 18.2 Å². The molecule has 0 unspecified atom stereocenters. The molecule has 0 aliphatic carbocycles. The highest BCUT2D eigenvalue weighted by atomic mass is 16.4. The van der Waals surface area contributed by atoms with Crippen LogP contribution in [0.3, 0.4) is 0 Å². The lowest BCUT2D eigenvalue weighted by atomic mass is 10.0. The number of carboxylic acids is 2. The lowest BCUT2D eigenvalue weighted by Crippen LogP contribution is -2.54. The van der Waals surface area contributed by atoms with Crippen molar-refractivity contribution in [3.05, 3.63) is 36.0 Å². The third-order valence-corrected chi connectivity index (χ3v) is 5.65. The molecule has 0 saturated heterocycles. The molecule has 0 bridgehead atoms. The minimum absolute atomic E-state index is 0.0785. The van der Waals surface area contributed by atoms with Crippen LogP contribution >= 0.6 is 0 Å². The van der Waals surface area contributed by atoms with Crippen molar-refractivity contribution in [1.82, 2.24) is 26.3 Å². The van der Waals surface area contributed by atoms with Crippen LogP contribution in [0.15, 0.2) is 30.5 Å². The highest BCUT2D eigenvalue weighted by Gasteiger charge is 2.26. The maximum Gasteiger partial charge on any atom is 0.326 e. The van der Waals surface area contributed by atoms with Crippen molar-refractivity contribution in [3.8, 4) is 0 Å². The van der Waals surface area contributed by atoms with Gasteiger partial charge in [0.1, 0.15) is 12.1 Å². The molecule has 0 aliphatic heterocycles. The number of carbonyl (C=O) groups is 5. The van der Waals surface area contributed by atoms with Gasteiger partial charge in [0.15, 0.2) is 0 Å². The highest BCUT2D eigenvalue weighted by molar-refractivity contribution is 5.91. The van der Waals surface area contributed by atoms with E-state index in [-0.39, 0.29) is 45.2 Å². The van der Waals surface area contributed by atoms with Crippen LogP contribution in [0, 0.1) is 0 Å². The van der Waals surface area contributed by atoms with E-state index in [4.69, 9.17) is 10.8 Å². The van der Waals surface area contributed by atoms with Crippen molar-refractivity contribution < 1.29 is 34.2 Å². The minimum Gasteiger partial charge on any atom is -0.481 e. The topological polar surface area (TPSA) is 216 Å². The number of nitrogens with two attached hydrogens (primary N) is 1. The van der Waals surface area contributed by atoms with E-state index in [1.807, 2.05) is 24.3 Å². The first kappa shape index (κ1) is 29.3. The van der Waals surface area contributed by atoms with E-state index in [9.17, 15) is 29.1 Å². The number of likely N-dealkylation sites (N-methyl/N-ethyl adjacent to an activating group) is 1. The summed E-state index contributed by atoms with van der Waals surface area (Å²) in [5, 5.41) is 29.4. The van der Waals surface area contributed by atoms with E-state index in [0.29, 0.717) is 0 Å². The summed E-state index contributed by atoms with van der Waals surface area (Å²) < 4.78 is 0. The molecular formula is C24H34N6O7. The summed E-state index contributed by atoms with van der Waals surface area (Å²) in [7, 11) is 1.65. The van der Waals surface area contributed by atoms with Crippen LogP contribution in [0.1, 0.15) is 31.2 Å². The third-order valence-electron chi connectivity index (χ3n) is 5.65. The molecule has 9 N–H and O–H groups in total. The number of aliphatic carboxylic acids is 2. The first-order chi connectivity index (χ1) is 17.6. The third kappa shape index (κ3) is 9.54. The van der Waals surface area contributed by atoms with E-state index < -0.39 is 47.8 Å². The molecule has 37 heavy (non-hydrogen) atoms. The Hall–Kier alpha value is -3.97. The number of benzene rings is 1. The van der Waals surface area contributed by atoms with Gasteiger partial charge in [-0.15, -0.1) is 0 Å². The van der Waals surface area contributed by atoms with Crippen LogP contribution in [0.2, 0.25) is 0 Å². The summed E-state index contributed by atoms with van der Waals surface area (Å²) in [4.78, 5) is 62.7. The Morgan fingerprint density at radius 3 is 2.41 bits per heavy atom. The van der Waals surface area contributed by atoms with E-state index >= 15 is 0 Å². The normalized spacial score (nSPS) is 13.4. The fourth-order valence-electron chi connectivity index (χ4n) is 3.71. The molecule has 3 atom stereocenters. The number of carbonyl (C=O) groups excluding carboxylic acids is 3. The molecule has 0 aliphatic rings. The quantitative estimate of drug-likeness (QED) is 0.138. The van der Waals surface area contributed by atoms with Gasteiger partial charge in [-0.05, 0) is 31.5 Å². The number of aromatic nitrogens is 1. The van der Waals surface area contributed by atoms with Crippen LogP contribution in [-0.4, -0.2) is 83.1 Å².